The Bertz CT molecular complexity index is 897. The number of hydrogen-bond donors (Lipinski definition) is 2. The van der Waals surface area contributed by atoms with Crippen molar-refractivity contribution in [1.82, 2.24) is 10.6 Å². The lowest BCUT2D eigenvalue weighted by Crippen LogP contribution is -2.43. The molecule has 29 heavy (non-hydrogen) atoms. The zero-order chi connectivity index (χ0) is 20.6. The van der Waals surface area contributed by atoms with E-state index in [0.717, 1.165) is 30.0 Å². The van der Waals surface area contributed by atoms with Crippen molar-refractivity contribution in [3.8, 4) is 23.8 Å². The van der Waals surface area contributed by atoms with Crippen LogP contribution in [0.15, 0.2) is 42.5 Å². The van der Waals surface area contributed by atoms with Gasteiger partial charge < -0.3 is 25.0 Å². The van der Waals surface area contributed by atoms with E-state index >= 15 is 0 Å². The van der Waals surface area contributed by atoms with E-state index in [2.05, 4.69) is 21.5 Å². The molecule has 6 nitrogen and oxygen atoms in total. The first kappa shape index (κ1) is 20.7. The van der Waals surface area contributed by atoms with Gasteiger partial charge in [0.15, 0.2) is 0 Å². The SMILES string of the molecule is C#CCOc1ccccc1CNC(=O)N[C@H]1CCN(c2cc(Cl)ccc2OC)C1. The van der Waals surface area contributed by atoms with Gasteiger partial charge >= 0.3 is 6.03 Å². The summed E-state index contributed by atoms with van der Waals surface area (Å²) in [5.41, 5.74) is 1.80. The number of benzene rings is 2. The Labute approximate surface area is 176 Å². The van der Waals surface area contributed by atoms with E-state index in [1.54, 1.807) is 13.2 Å². The normalized spacial score (nSPS) is 15.5. The summed E-state index contributed by atoms with van der Waals surface area (Å²) in [6, 6.07) is 12.8. The van der Waals surface area contributed by atoms with E-state index < -0.39 is 0 Å². The van der Waals surface area contributed by atoms with Crippen molar-refractivity contribution in [2.75, 3.05) is 31.7 Å². The zero-order valence-corrected chi connectivity index (χ0v) is 17.0. The predicted molar refractivity (Wildman–Crippen MR) is 115 cm³/mol. The minimum absolute atomic E-state index is 0.0339. The average molecular weight is 414 g/mol. The van der Waals surface area contributed by atoms with Crippen LogP contribution >= 0.6 is 11.6 Å². The number of nitrogens with one attached hydrogen (secondary N) is 2. The summed E-state index contributed by atoms with van der Waals surface area (Å²) in [6.45, 7) is 2.04. The van der Waals surface area contributed by atoms with Gasteiger partial charge in [0, 0.05) is 36.3 Å². The lowest BCUT2D eigenvalue weighted by Gasteiger charge is -2.22. The summed E-state index contributed by atoms with van der Waals surface area (Å²) in [5, 5.41) is 6.56. The molecule has 1 fully saturated rings. The van der Waals surface area contributed by atoms with E-state index in [9.17, 15) is 4.79 Å². The number of terminal acetylenes is 1. The van der Waals surface area contributed by atoms with Crippen molar-refractivity contribution < 1.29 is 14.3 Å². The third-order valence-corrected chi connectivity index (χ3v) is 4.96. The number of methoxy groups -OCH3 is 1. The summed E-state index contributed by atoms with van der Waals surface area (Å²) in [5.74, 6) is 3.88. The molecule has 1 aliphatic rings. The molecule has 0 aliphatic carbocycles. The Morgan fingerprint density at radius 1 is 1.31 bits per heavy atom. The standard InChI is InChI=1S/C22H24ClN3O3/c1-3-12-29-20-7-5-4-6-16(20)14-24-22(27)25-18-10-11-26(15-18)19-13-17(23)8-9-21(19)28-2/h1,4-9,13,18H,10-12,14-15H2,2H3,(H2,24,25,27)/t18-/m0/s1. The fourth-order valence-electron chi connectivity index (χ4n) is 3.33. The molecule has 2 amide bonds. The minimum Gasteiger partial charge on any atom is -0.495 e. The third kappa shape index (κ3) is 5.49. The van der Waals surface area contributed by atoms with Crippen molar-refractivity contribution in [3.05, 3.63) is 53.1 Å². The van der Waals surface area contributed by atoms with Crippen LogP contribution in [0.25, 0.3) is 0 Å². The number of hydrogen-bond acceptors (Lipinski definition) is 4. The van der Waals surface area contributed by atoms with Crippen LogP contribution in [0.1, 0.15) is 12.0 Å². The Morgan fingerprint density at radius 3 is 2.93 bits per heavy atom. The lowest BCUT2D eigenvalue weighted by atomic mass is 10.2. The molecule has 2 aromatic carbocycles. The molecule has 3 rings (SSSR count). The van der Waals surface area contributed by atoms with Crippen molar-refractivity contribution in [2.24, 2.45) is 0 Å². The van der Waals surface area contributed by atoms with Crippen LogP contribution in [0.3, 0.4) is 0 Å². The van der Waals surface area contributed by atoms with E-state index in [0.29, 0.717) is 23.9 Å². The molecule has 0 unspecified atom stereocenters. The first-order valence-corrected chi connectivity index (χ1v) is 9.75. The van der Waals surface area contributed by atoms with Gasteiger partial charge in [-0.1, -0.05) is 35.7 Å². The Balaban J connectivity index is 1.53. The number of amides is 2. The van der Waals surface area contributed by atoms with Gasteiger partial charge in [-0.25, -0.2) is 4.79 Å². The molecule has 1 heterocycles. The van der Waals surface area contributed by atoms with E-state index in [4.69, 9.17) is 27.5 Å². The highest BCUT2D eigenvalue weighted by molar-refractivity contribution is 6.30. The van der Waals surface area contributed by atoms with Gasteiger partial charge in [-0.3, -0.25) is 0 Å². The van der Waals surface area contributed by atoms with Crippen molar-refractivity contribution in [1.29, 1.82) is 0 Å². The van der Waals surface area contributed by atoms with E-state index in [-0.39, 0.29) is 18.7 Å². The number of carbonyl (C=O) groups is 1. The van der Waals surface area contributed by atoms with Crippen LogP contribution in [-0.4, -0.2) is 38.9 Å². The zero-order valence-electron chi connectivity index (χ0n) is 16.3. The molecule has 1 saturated heterocycles. The first-order valence-electron chi connectivity index (χ1n) is 9.37. The topological polar surface area (TPSA) is 62.8 Å². The summed E-state index contributed by atoms with van der Waals surface area (Å²) in [6.07, 6.45) is 6.08. The van der Waals surface area contributed by atoms with E-state index in [1.165, 1.54) is 0 Å². The molecule has 0 bridgehead atoms. The lowest BCUT2D eigenvalue weighted by molar-refractivity contribution is 0.237. The first-order chi connectivity index (χ1) is 14.1. The molecule has 1 atom stereocenters. The second-order valence-corrected chi connectivity index (χ2v) is 7.11. The number of para-hydroxylation sites is 1. The van der Waals surface area contributed by atoms with E-state index in [1.807, 2.05) is 36.4 Å². The molecule has 7 heteroatoms. The Kier molecular flexibility index (Phi) is 7.09. The summed E-state index contributed by atoms with van der Waals surface area (Å²) in [4.78, 5) is 14.5. The van der Waals surface area contributed by atoms with Crippen LogP contribution in [0.4, 0.5) is 10.5 Å². The number of anilines is 1. The van der Waals surface area contributed by atoms with Gasteiger partial charge in [0.2, 0.25) is 0 Å². The van der Waals surface area contributed by atoms with Crippen molar-refractivity contribution >= 4 is 23.3 Å². The van der Waals surface area contributed by atoms with Crippen LogP contribution < -0.4 is 25.0 Å². The fraction of sp³-hybridized carbons (Fsp3) is 0.318. The predicted octanol–water partition coefficient (Wildman–Crippen LogP) is 3.44. The van der Waals surface area contributed by atoms with Crippen molar-refractivity contribution in [3.63, 3.8) is 0 Å². The molecule has 152 valence electrons. The Morgan fingerprint density at radius 2 is 2.14 bits per heavy atom. The van der Waals surface area contributed by atoms with Crippen LogP contribution in [-0.2, 0) is 6.54 Å². The van der Waals surface area contributed by atoms with Crippen LogP contribution in [0.2, 0.25) is 5.02 Å². The quantitative estimate of drug-likeness (QED) is 0.682. The highest BCUT2D eigenvalue weighted by Gasteiger charge is 2.26. The molecule has 0 saturated carbocycles. The second kappa shape index (κ2) is 9.94. The number of halogens is 1. The third-order valence-electron chi connectivity index (χ3n) is 4.73. The number of urea groups is 1. The van der Waals surface area contributed by atoms with Crippen molar-refractivity contribution in [2.45, 2.75) is 19.0 Å². The van der Waals surface area contributed by atoms with Crippen LogP contribution in [0.5, 0.6) is 11.5 Å². The largest absolute Gasteiger partial charge is 0.495 e. The molecule has 2 N–H and O–H groups in total. The summed E-state index contributed by atoms with van der Waals surface area (Å²) in [7, 11) is 1.64. The van der Waals surface area contributed by atoms with Gasteiger partial charge in [0.25, 0.3) is 0 Å². The molecule has 0 aromatic heterocycles. The molecule has 0 spiro atoms. The van der Waals surface area contributed by atoms with Gasteiger partial charge in [-0.05, 0) is 30.7 Å². The number of rotatable bonds is 7. The molecular formula is C22H24ClN3O3. The van der Waals surface area contributed by atoms with Gasteiger partial charge in [-0.15, -0.1) is 6.42 Å². The smallest absolute Gasteiger partial charge is 0.315 e. The molecule has 0 radical (unpaired) electrons. The number of nitrogens with zero attached hydrogens (tertiary/aromatic N) is 1. The van der Waals surface area contributed by atoms with Gasteiger partial charge in [0.1, 0.15) is 18.1 Å². The highest BCUT2D eigenvalue weighted by Crippen LogP contribution is 2.33. The monoisotopic (exact) mass is 413 g/mol. The van der Waals surface area contributed by atoms with Gasteiger partial charge in [0.05, 0.1) is 12.8 Å². The molecule has 2 aromatic rings. The maximum Gasteiger partial charge on any atom is 0.315 e. The van der Waals surface area contributed by atoms with Crippen LogP contribution in [0, 0.1) is 12.3 Å². The number of carbonyl (C=O) groups excluding carboxylic acids is 1. The summed E-state index contributed by atoms with van der Waals surface area (Å²) < 4.78 is 10.9. The summed E-state index contributed by atoms with van der Waals surface area (Å²) >= 11 is 6.13. The fourth-order valence-corrected chi connectivity index (χ4v) is 3.50. The maximum absolute atomic E-state index is 12.4. The minimum atomic E-state index is -0.221. The number of ether oxygens (including phenoxy) is 2. The molecular weight excluding hydrogens is 390 g/mol. The van der Waals surface area contributed by atoms with Gasteiger partial charge in [-0.2, -0.15) is 0 Å². The Hall–Kier alpha value is -3.04. The second-order valence-electron chi connectivity index (χ2n) is 6.68. The molecule has 1 aliphatic heterocycles. The highest BCUT2D eigenvalue weighted by atomic mass is 35.5. The maximum atomic E-state index is 12.4. The average Bonchev–Trinajstić information content (AvgIpc) is 3.19.